The first-order valence-electron chi connectivity index (χ1n) is 5.09. The van der Waals surface area contributed by atoms with Crippen molar-refractivity contribution in [3.63, 3.8) is 0 Å². The number of hydrogen-bond donors (Lipinski definition) is 0. The number of aromatic nitrogens is 2. The third-order valence-corrected chi connectivity index (χ3v) is 3.68. The summed E-state index contributed by atoms with van der Waals surface area (Å²) in [5, 5.41) is -0.0794. The molecule has 0 amide bonds. The van der Waals surface area contributed by atoms with Crippen LogP contribution in [0.3, 0.4) is 0 Å². The van der Waals surface area contributed by atoms with E-state index in [0.29, 0.717) is 5.92 Å². The summed E-state index contributed by atoms with van der Waals surface area (Å²) < 4.78 is 22.3. The molecule has 15 heavy (non-hydrogen) atoms. The van der Waals surface area contributed by atoms with Gasteiger partial charge in [0.15, 0.2) is 0 Å². The maximum Gasteiger partial charge on any atom is 0.246 e. The van der Waals surface area contributed by atoms with E-state index in [1.807, 2.05) is 0 Å². The van der Waals surface area contributed by atoms with Crippen LogP contribution < -0.4 is 0 Å². The van der Waals surface area contributed by atoms with E-state index in [1.165, 1.54) is 25.7 Å². The zero-order valence-corrected chi connectivity index (χ0v) is 9.50. The minimum atomic E-state index is -3.27. The number of rotatable bonds is 2. The Labute approximate surface area is 89.7 Å². The molecule has 0 saturated heterocycles. The predicted molar refractivity (Wildman–Crippen MR) is 56.4 cm³/mol. The van der Waals surface area contributed by atoms with E-state index < -0.39 is 9.84 Å². The molecule has 1 saturated carbocycles. The van der Waals surface area contributed by atoms with Gasteiger partial charge in [0.2, 0.25) is 15.0 Å². The summed E-state index contributed by atoms with van der Waals surface area (Å²) >= 11 is 0. The molecule has 1 heterocycles. The van der Waals surface area contributed by atoms with Crippen LogP contribution in [0.5, 0.6) is 0 Å². The molecule has 0 spiro atoms. The molecule has 1 aliphatic rings. The molecule has 4 nitrogen and oxygen atoms in total. The summed E-state index contributed by atoms with van der Waals surface area (Å²) in [6.45, 7) is 0. The first-order valence-corrected chi connectivity index (χ1v) is 6.98. The summed E-state index contributed by atoms with van der Waals surface area (Å²) in [5.74, 6) is 0.526. The van der Waals surface area contributed by atoms with Gasteiger partial charge in [-0.1, -0.05) is 12.8 Å². The summed E-state index contributed by atoms with van der Waals surface area (Å²) in [6.07, 6.45) is 9.26. The van der Waals surface area contributed by atoms with Crippen LogP contribution in [0.25, 0.3) is 0 Å². The topological polar surface area (TPSA) is 59.9 Å². The minimum Gasteiger partial charge on any atom is -0.227 e. The van der Waals surface area contributed by atoms with Gasteiger partial charge in [0, 0.05) is 18.6 Å². The van der Waals surface area contributed by atoms with Crippen LogP contribution in [-0.2, 0) is 9.84 Å². The first-order chi connectivity index (χ1) is 7.07. The monoisotopic (exact) mass is 226 g/mol. The highest BCUT2D eigenvalue weighted by atomic mass is 32.2. The lowest BCUT2D eigenvalue weighted by molar-refractivity contribution is 0.591. The van der Waals surface area contributed by atoms with Gasteiger partial charge in [-0.25, -0.2) is 18.4 Å². The van der Waals surface area contributed by atoms with Gasteiger partial charge in [-0.3, -0.25) is 0 Å². The Balaban J connectivity index is 2.24. The highest BCUT2D eigenvalue weighted by Crippen LogP contribution is 2.33. The van der Waals surface area contributed by atoms with E-state index in [1.54, 1.807) is 12.4 Å². The molecule has 5 heteroatoms. The fourth-order valence-electron chi connectivity index (χ4n) is 1.99. The number of nitrogens with zero attached hydrogens (tertiary/aromatic N) is 2. The van der Waals surface area contributed by atoms with Crippen molar-refractivity contribution in [2.24, 2.45) is 0 Å². The number of hydrogen-bond acceptors (Lipinski definition) is 4. The molecule has 0 unspecified atom stereocenters. The lowest BCUT2D eigenvalue weighted by atomic mass is 10.0. The van der Waals surface area contributed by atoms with E-state index in [0.717, 1.165) is 11.8 Å². The molecule has 1 aromatic heterocycles. The standard InChI is InChI=1S/C10H14N2O2S/c1-15(13,14)10-11-6-9(7-12-10)8-4-2-3-5-8/h6-8H,2-5H2,1H3. The highest BCUT2D eigenvalue weighted by Gasteiger charge is 2.18. The van der Waals surface area contributed by atoms with E-state index >= 15 is 0 Å². The van der Waals surface area contributed by atoms with Gasteiger partial charge in [0.1, 0.15) is 0 Å². The summed E-state index contributed by atoms with van der Waals surface area (Å²) in [5.41, 5.74) is 1.07. The van der Waals surface area contributed by atoms with Gasteiger partial charge in [-0.2, -0.15) is 0 Å². The van der Waals surface area contributed by atoms with Gasteiger partial charge in [-0.15, -0.1) is 0 Å². The molecule has 0 N–H and O–H groups in total. The molecule has 82 valence electrons. The summed E-state index contributed by atoms with van der Waals surface area (Å²) in [7, 11) is -3.27. The lowest BCUT2D eigenvalue weighted by Gasteiger charge is -2.07. The van der Waals surface area contributed by atoms with Crippen LogP contribution in [-0.4, -0.2) is 24.6 Å². The van der Waals surface area contributed by atoms with Crippen molar-refractivity contribution in [2.45, 2.75) is 36.8 Å². The molecule has 1 fully saturated rings. The van der Waals surface area contributed by atoms with Crippen molar-refractivity contribution in [2.75, 3.05) is 6.26 Å². The summed E-state index contributed by atoms with van der Waals surface area (Å²) in [6, 6.07) is 0. The first kappa shape index (κ1) is 10.5. The van der Waals surface area contributed by atoms with E-state index in [9.17, 15) is 8.42 Å². The zero-order valence-electron chi connectivity index (χ0n) is 8.68. The van der Waals surface area contributed by atoms with Crippen molar-refractivity contribution >= 4 is 9.84 Å². The molecule has 1 aromatic rings. The lowest BCUT2D eigenvalue weighted by Crippen LogP contribution is -2.05. The van der Waals surface area contributed by atoms with Crippen LogP contribution in [0.4, 0.5) is 0 Å². The van der Waals surface area contributed by atoms with Crippen molar-refractivity contribution in [1.29, 1.82) is 0 Å². The van der Waals surface area contributed by atoms with Gasteiger partial charge in [0.25, 0.3) is 0 Å². The van der Waals surface area contributed by atoms with Gasteiger partial charge in [0.05, 0.1) is 0 Å². The molecule has 0 aromatic carbocycles. The minimum absolute atomic E-state index is 0.0794. The smallest absolute Gasteiger partial charge is 0.227 e. The normalized spacial score (nSPS) is 18.2. The van der Waals surface area contributed by atoms with Gasteiger partial charge < -0.3 is 0 Å². The Morgan fingerprint density at radius 2 is 1.73 bits per heavy atom. The Kier molecular flexibility index (Phi) is 2.73. The number of sulfone groups is 1. The molecular weight excluding hydrogens is 212 g/mol. The Morgan fingerprint density at radius 3 is 2.20 bits per heavy atom. The van der Waals surface area contributed by atoms with E-state index in [-0.39, 0.29) is 5.16 Å². The largest absolute Gasteiger partial charge is 0.246 e. The van der Waals surface area contributed by atoms with Gasteiger partial charge in [-0.05, 0) is 24.3 Å². The molecule has 0 radical (unpaired) electrons. The van der Waals surface area contributed by atoms with E-state index in [4.69, 9.17) is 0 Å². The second kappa shape index (κ2) is 3.89. The van der Waals surface area contributed by atoms with E-state index in [2.05, 4.69) is 9.97 Å². The summed E-state index contributed by atoms with van der Waals surface area (Å²) in [4.78, 5) is 7.79. The predicted octanol–water partition coefficient (Wildman–Crippen LogP) is 1.54. The Hall–Kier alpha value is -0.970. The Bertz CT molecular complexity index is 433. The van der Waals surface area contributed by atoms with Crippen LogP contribution in [0, 0.1) is 0 Å². The molecule has 0 atom stereocenters. The van der Waals surface area contributed by atoms with Crippen LogP contribution in [0.2, 0.25) is 0 Å². The van der Waals surface area contributed by atoms with Crippen LogP contribution in [0.1, 0.15) is 37.2 Å². The molecule has 0 bridgehead atoms. The third-order valence-electron chi connectivity index (χ3n) is 2.81. The molecule has 0 aliphatic heterocycles. The SMILES string of the molecule is CS(=O)(=O)c1ncc(C2CCCC2)cn1. The van der Waals surface area contributed by atoms with Crippen LogP contribution >= 0.6 is 0 Å². The third kappa shape index (κ3) is 2.34. The quantitative estimate of drug-likeness (QED) is 0.718. The second-order valence-corrected chi connectivity index (χ2v) is 5.96. The van der Waals surface area contributed by atoms with Crippen molar-refractivity contribution < 1.29 is 8.42 Å². The van der Waals surface area contributed by atoms with Crippen LogP contribution in [0.15, 0.2) is 17.6 Å². The van der Waals surface area contributed by atoms with Crippen molar-refractivity contribution in [1.82, 2.24) is 9.97 Å². The van der Waals surface area contributed by atoms with Crippen molar-refractivity contribution in [3.05, 3.63) is 18.0 Å². The van der Waals surface area contributed by atoms with Gasteiger partial charge >= 0.3 is 0 Å². The molecular formula is C10H14N2O2S. The highest BCUT2D eigenvalue weighted by molar-refractivity contribution is 7.90. The maximum atomic E-state index is 11.1. The fraction of sp³-hybridized carbons (Fsp3) is 0.600. The fourth-order valence-corrected chi connectivity index (χ4v) is 2.48. The maximum absolute atomic E-state index is 11.1. The zero-order chi connectivity index (χ0) is 10.9. The average molecular weight is 226 g/mol. The van der Waals surface area contributed by atoms with Crippen molar-refractivity contribution in [3.8, 4) is 0 Å². The molecule has 2 rings (SSSR count). The second-order valence-electron chi connectivity index (χ2n) is 4.05. The molecule has 1 aliphatic carbocycles. The Morgan fingerprint density at radius 1 is 1.20 bits per heavy atom. The average Bonchev–Trinajstić information content (AvgIpc) is 2.69.